The number of nitrogens with zero attached hydrogens (tertiary/aromatic N) is 1. The van der Waals surface area contributed by atoms with Crippen LogP contribution >= 0.6 is 0 Å². The fourth-order valence-electron chi connectivity index (χ4n) is 1.97. The SMILES string of the molecule is O=C(O)C1CCN(C(=O)c2ccccc2O)C1. The molecular weight excluding hydrogens is 222 g/mol. The topological polar surface area (TPSA) is 77.8 Å². The Labute approximate surface area is 98.3 Å². The van der Waals surface area contributed by atoms with Gasteiger partial charge >= 0.3 is 5.97 Å². The van der Waals surface area contributed by atoms with Crippen molar-refractivity contribution >= 4 is 11.9 Å². The molecule has 1 unspecified atom stereocenters. The van der Waals surface area contributed by atoms with Gasteiger partial charge in [-0.3, -0.25) is 9.59 Å². The smallest absolute Gasteiger partial charge is 0.308 e. The first-order chi connectivity index (χ1) is 8.09. The second kappa shape index (κ2) is 4.45. The standard InChI is InChI=1S/C12H13NO4/c14-10-4-2-1-3-9(10)11(15)13-6-5-8(7-13)12(16)17/h1-4,8,14H,5-7H2,(H,16,17). The number of phenolic OH excluding ortho intramolecular Hbond substituents is 1. The minimum absolute atomic E-state index is 0.0729. The normalized spacial score (nSPS) is 19.3. The number of para-hydroxylation sites is 1. The minimum Gasteiger partial charge on any atom is -0.507 e. The lowest BCUT2D eigenvalue weighted by Gasteiger charge is -2.16. The number of phenols is 1. The van der Waals surface area contributed by atoms with E-state index in [1.807, 2.05) is 0 Å². The van der Waals surface area contributed by atoms with Gasteiger partial charge in [-0.05, 0) is 18.6 Å². The number of hydrogen-bond acceptors (Lipinski definition) is 3. The number of amides is 1. The van der Waals surface area contributed by atoms with Crippen molar-refractivity contribution in [1.29, 1.82) is 0 Å². The predicted octanol–water partition coefficient (Wildman–Crippen LogP) is 0.939. The van der Waals surface area contributed by atoms with E-state index in [9.17, 15) is 14.7 Å². The van der Waals surface area contributed by atoms with Gasteiger partial charge in [0.2, 0.25) is 0 Å². The van der Waals surface area contributed by atoms with Crippen LogP contribution in [0.1, 0.15) is 16.8 Å². The Hall–Kier alpha value is -2.04. The van der Waals surface area contributed by atoms with Crippen LogP contribution in [0.3, 0.4) is 0 Å². The summed E-state index contributed by atoms with van der Waals surface area (Å²) >= 11 is 0. The molecule has 0 aliphatic carbocycles. The second-order valence-corrected chi connectivity index (χ2v) is 4.09. The van der Waals surface area contributed by atoms with Crippen molar-refractivity contribution in [3.63, 3.8) is 0 Å². The van der Waals surface area contributed by atoms with Gasteiger partial charge in [0.05, 0.1) is 11.5 Å². The number of rotatable bonds is 2. The summed E-state index contributed by atoms with van der Waals surface area (Å²) < 4.78 is 0. The van der Waals surface area contributed by atoms with Crippen molar-refractivity contribution in [2.24, 2.45) is 5.92 Å². The Balaban J connectivity index is 2.13. The predicted molar refractivity (Wildman–Crippen MR) is 59.8 cm³/mol. The van der Waals surface area contributed by atoms with Crippen LogP contribution in [-0.4, -0.2) is 40.1 Å². The lowest BCUT2D eigenvalue weighted by atomic mass is 10.1. The van der Waals surface area contributed by atoms with Crippen LogP contribution in [-0.2, 0) is 4.79 Å². The van der Waals surface area contributed by atoms with Crippen molar-refractivity contribution in [1.82, 2.24) is 4.90 Å². The zero-order valence-corrected chi connectivity index (χ0v) is 9.17. The Morgan fingerprint density at radius 2 is 2.00 bits per heavy atom. The summed E-state index contributed by atoms with van der Waals surface area (Å²) in [4.78, 5) is 24.3. The second-order valence-electron chi connectivity index (χ2n) is 4.09. The first-order valence-electron chi connectivity index (χ1n) is 5.39. The summed E-state index contributed by atoms with van der Waals surface area (Å²) in [6, 6.07) is 6.28. The number of aromatic hydroxyl groups is 1. The third-order valence-corrected chi connectivity index (χ3v) is 2.96. The van der Waals surface area contributed by atoms with Gasteiger partial charge in [-0.2, -0.15) is 0 Å². The maximum atomic E-state index is 12.0. The highest BCUT2D eigenvalue weighted by atomic mass is 16.4. The van der Waals surface area contributed by atoms with Gasteiger partial charge in [0.1, 0.15) is 5.75 Å². The number of hydrogen-bond donors (Lipinski definition) is 2. The lowest BCUT2D eigenvalue weighted by molar-refractivity contribution is -0.141. The lowest BCUT2D eigenvalue weighted by Crippen LogP contribution is -2.29. The monoisotopic (exact) mass is 235 g/mol. The molecule has 1 saturated heterocycles. The molecule has 0 saturated carbocycles. The molecule has 90 valence electrons. The van der Waals surface area contributed by atoms with E-state index in [0.29, 0.717) is 13.0 Å². The summed E-state index contributed by atoms with van der Waals surface area (Å²) in [7, 11) is 0. The third-order valence-electron chi connectivity index (χ3n) is 2.96. The van der Waals surface area contributed by atoms with Crippen LogP contribution in [0, 0.1) is 5.92 Å². The minimum atomic E-state index is -0.877. The first-order valence-corrected chi connectivity index (χ1v) is 5.39. The number of carbonyl (C=O) groups excluding carboxylic acids is 1. The molecule has 1 fully saturated rings. The van der Waals surface area contributed by atoms with Crippen LogP contribution < -0.4 is 0 Å². The average Bonchev–Trinajstić information content (AvgIpc) is 2.78. The molecule has 1 aromatic rings. The maximum Gasteiger partial charge on any atom is 0.308 e. The van der Waals surface area contributed by atoms with E-state index in [2.05, 4.69) is 0 Å². The van der Waals surface area contributed by atoms with Gasteiger partial charge in [0.25, 0.3) is 5.91 Å². The average molecular weight is 235 g/mol. The van der Waals surface area contributed by atoms with Gasteiger partial charge in [-0.15, -0.1) is 0 Å². The molecule has 5 heteroatoms. The van der Waals surface area contributed by atoms with E-state index in [1.165, 1.54) is 17.0 Å². The molecule has 1 heterocycles. The van der Waals surface area contributed by atoms with Crippen LogP contribution in [0.15, 0.2) is 24.3 Å². The highest BCUT2D eigenvalue weighted by molar-refractivity contribution is 5.97. The molecule has 2 rings (SSSR count). The van der Waals surface area contributed by atoms with Crippen molar-refractivity contribution in [3.05, 3.63) is 29.8 Å². The van der Waals surface area contributed by atoms with Gasteiger partial charge in [0.15, 0.2) is 0 Å². The molecular formula is C12H13NO4. The molecule has 1 aliphatic heterocycles. The Morgan fingerprint density at radius 3 is 2.59 bits per heavy atom. The van der Waals surface area contributed by atoms with E-state index in [-0.39, 0.29) is 23.8 Å². The molecule has 5 nitrogen and oxygen atoms in total. The van der Waals surface area contributed by atoms with Crippen molar-refractivity contribution in [3.8, 4) is 5.75 Å². The fraction of sp³-hybridized carbons (Fsp3) is 0.333. The molecule has 2 N–H and O–H groups in total. The zero-order chi connectivity index (χ0) is 12.4. The summed E-state index contributed by atoms with van der Waals surface area (Å²) in [6.07, 6.45) is 0.467. The molecule has 0 spiro atoms. The maximum absolute atomic E-state index is 12.0. The highest BCUT2D eigenvalue weighted by Gasteiger charge is 2.31. The number of aliphatic carboxylic acids is 1. The molecule has 1 aliphatic rings. The van der Waals surface area contributed by atoms with Gasteiger partial charge in [-0.25, -0.2) is 0 Å². The molecule has 1 amide bonds. The molecule has 1 aromatic carbocycles. The van der Waals surface area contributed by atoms with Crippen LogP contribution in [0.4, 0.5) is 0 Å². The summed E-state index contributed by atoms with van der Waals surface area (Å²) in [5, 5.41) is 18.4. The Morgan fingerprint density at radius 1 is 1.29 bits per heavy atom. The van der Waals surface area contributed by atoms with Crippen LogP contribution in [0.5, 0.6) is 5.75 Å². The fourth-order valence-corrected chi connectivity index (χ4v) is 1.97. The first kappa shape index (κ1) is 11.4. The summed E-state index contributed by atoms with van der Waals surface area (Å²) in [5.74, 6) is -1.76. The molecule has 17 heavy (non-hydrogen) atoms. The Kier molecular flexibility index (Phi) is 2.99. The number of carboxylic acid groups (broad SMARTS) is 1. The Bertz CT molecular complexity index is 458. The van der Waals surface area contributed by atoms with E-state index < -0.39 is 11.9 Å². The largest absolute Gasteiger partial charge is 0.507 e. The van der Waals surface area contributed by atoms with E-state index >= 15 is 0 Å². The van der Waals surface area contributed by atoms with Gasteiger partial charge in [-0.1, -0.05) is 12.1 Å². The molecule has 0 aromatic heterocycles. The van der Waals surface area contributed by atoms with E-state index in [0.717, 1.165) is 0 Å². The quantitative estimate of drug-likeness (QED) is 0.799. The number of likely N-dealkylation sites (tertiary alicyclic amines) is 1. The van der Waals surface area contributed by atoms with Gasteiger partial charge in [0, 0.05) is 13.1 Å². The van der Waals surface area contributed by atoms with Crippen LogP contribution in [0.25, 0.3) is 0 Å². The van der Waals surface area contributed by atoms with E-state index in [4.69, 9.17) is 5.11 Å². The zero-order valence-electron chi connectivity index (χ0n) is 9.17. The summed E-state index contributed by atoms with van der Waals surface area (Å²) in [5.41, 5.74) is 0.221. The van der Waals surface area contributed by atoms with Gasteiger partial charge < -0.3 is 15.1 Å². The van der Waals surface area contributed by atoms with Crippen molar-refractivity contribution in [2.75, 3.05) is 13.1 Å². The highest BCUT2D eigenvalue weighted by Crippen LogP contribution is 2.23. The van der Waals surface area contributed by atoms with Crippen molar-refractivity contribution in [2.45, 2.75) is 6.42 Å². The number of carbonyl (C=O) groups is 2. The number of carboxylic acids is 1. The molecule has 0 bridgehead atoms. The van der Waals surface area contributed by atoms with Crippen molar-refractivity contribution < 1.29 is 19.8 Å². The van der Waals surface area contributed by atoms with Crippen LogP contribution in [0.2, 0.25) is 0 Å². The molecule has 1 atom stereocenters. The third kappa shape index (κ3) is 2.22. The molecule has 0 radical (unpaired) electrons. The summed E-state index contributed by atoms with van der Waals surface area (Å²) in [6.45, 7) is 0.632. The van der Waals surface area contributed by atoms with E-state index in [1.54, 1.807) is 12.1 Å². The number of benzene rings is 1.